The number of hydrogen-bond donors (Lipinski definition) is 3. The third-order valence-corrected chi connectivity index (χ3v) is 6.47. The fraction of sp³-hybridized carbons (Fsp3) is 0.571. The van der Waals surface area contributed by atoms with E-state index in [1.165, 1.54) is 12.1 Å². The summed E-state index contributed by atoms with van der Waals surface area (Å²) in [4.78, 5) is 38.0. The molecule has 3 amide bonds. The number of nitrogens with zero attached hydrogens (tertiary/aromatic N) is 1. The summed E-state index contributed by atoms with van der Waals surface area (Å²) in [6.45, 7) is 0.217. The quantitative estimate of drug-likeness (QED) is 0.450. The van der Waals surface area contributed by atoms with Crippen molar-refractivity contribution in [2.75, 3.05) is 0 Å². The molecule has 3 unspecified atom stereocenters. The fourth-order valence-electron chi connectivity index (χ4n) is 4.54. The van der Waals surface area contributed by atoms with Crippen LogP contribution in [0.4, 0.5) is 22.0 Å². The van der Waals surface area contributed by atoms with Crippen molar-refractivity contribution in [2.45, 2.75) is 69.0 Å². The van der Waals surface area contributed by atoms with Crippen molar-refractivity contribution in [1.29, 1.82) is 0 Å². The predicted molar refractivity (Wildman–Crippen MR) is 105 cm³/mol. The third kappa shape index (κ3) is 4.66. The van der Waals surface area contributed by atoms with Gasteiger partial charge >= 0.3 is 12.1 Å². The SMILES string of the molecule is NC(NC(=O)C(F)(F)F)c1ccc2c(c1)C(=O)N([C@@H]1CCCCC1NC(=O)C1CC1(F)F)C2. The highest BCUT2D eigenvalue weighted by Gasteiger charge is 2.61. The Bertz CT molecular complexity index is 983. The molecule has 2 aliphatic carbocycles. The molecule has 12 heteroatoms. The second-order valence-corrected chi connectivity index (χ2v) is 8.78. The van der Waals surface area contributed by atoms with Crippen LogP contribution in [0.1, 0.15) is 59.8 Å². The van der Waals surface area contributed by atoms with Crippen molar-refractivity contribution in [1.82, 2.24) is 15.5 Å². The first-order chi connectivity index (χ1) is 15.4. The van der Waals surface area contributed by atoms with Crippen LogP contribution >= 0.6 is 0 Å². The second-order valence-electron chi connectivity index (χ2n) is 8.78. The molecule has 2 saturated carbocycles. The van der Waals surface area contributed by atoms with Gasteiger partial charge in [0.1, 0.15) is 12.1 Å². The van der Waals surface area contributed by atoms with E-state index >= 15 is 0 Å². The number of carbonyl (C=O) groups excluding carboxylic acids is 3. The number of fused-ring (bicyclic) bond motifs is 1. The molecule has 0 spiro atoms. The minimum absolute atomic E-state index is 0.131. The van der Waals surface area contributed by atoms with Gasteiger partial charge in [-0.2, -0.15) is 13.2 Å². The summed E-state index contributed by atoms with van der Waals surface area (Å²) in [6, 6.07) is 3.49. The van der Waals surface area contributed by atoms with Crippen LogP contribution in [0.2, 0.25) is 0 Å². The molecule has 7 nitrogen and oxygen atoms in total. The number of alkyl halides is 5. The van der Waals surface area contributed by atoms with Gasteiger partial charge in [-0.1, -0.05) is 25.0 Å². The summed E-state index contributed by atoms with van der Waals surface area (Å²) >= 11 is 0. The number of rotatable bonds is 5. The molecule has 1 heterocycles. The fourth-order valence-corrected chi connectivity index (χ4v) is 4.54. The van der Waals surface area contributed by atoms with Crippen LogP contribution in [0.15, 0.2) is 18.2 Å². The van der Waals surface area contributed by atoms with E-state index in [9.17, 15) is 36.3 Å². The molecule has 4 rings (SSSR count). The van der Waals surface area contributed by atoms with Crippen LogP contribution < -0.4 is 16.4 Å². The molecule has 1 aromatic carbocycles. The minimum atomic E-state index is -5.09. The first-order valence-electron chi connectivity index (χ1n) is 10.6. The zero-order valence-electron chi connectivity index (χ0n) is 17.4. The standard InChI is InChI=1S/C21H23F5N4O3/c22-20(23)8-13(20)17(31)28-14-3-1-2-4-15(14)30-9-11-6-5-10(7-12(11)18(30)32)16(27)29-19(33)21(24,25)26/h5-7,13-16H,1-4,8-9,27H2,(H,28,31)(H,29,33)/t13?,14?,15-,16?/m1/s1. The number of hydrogen-bond acceptors (Lipinski definition) is 4. The van der Waals surface area contributed by atoms with Crippen molar-refractivity contribution < 1.29 is 36.3 Å². The first-order valence-corrected chi connectivity index (χ1v) is 10.6. The monoisotopic (exact) mass is 474 g/mol. The molecule has 4 N–H and O–H groups in total. The predicted octanol–water partition coefficient (Wildman–Crippen LogP) is 2.36. The Morgan fingerprint density at radius 3 is 2.48 bits per heavy atom. The second kappa shape index (κ2) is 8.23. The lowest BCUT2D eigenvalue weighted by Crippen LogP contribution is -2.53. The molecular formula is C21H23F5N4O3. The van der Waals surface area contributed by atoms with Crippen molar-refractivity contribution in [2.24, 2.45) is 11.7 Å². The van der Waals surface area contributed by atoms with Gasteiger partial charge in [-0.15, -0.1) is 0 Å². The van der Waals surface area contributed by atoms with Gasteiger partial charge in [0.15, 0.2) is 0 Å². The molecule has 0 saturated heterocycles. The zero-order valence-corrected chi connectivity index (χ0v) is 17.4. The van der Waals surface area contributed by atoms with Gasteiger partial charge in [-0.25, -0.2) is 8.78 Å². The van der Waals surface area contributed by atoms with Crippen molar-refractivity contribution >= 4 is 17.7 Å². The molecule has 0 bridgehead atoms. The van der Waals surface area contributed by atoms with E-state index in [2.05, 4.69) is 5.32 Å². The van der Waals surface area contributed by atoms with Crippen LogP contribution in [0.5, 0.6) is 0 Å². The maximum atomic E-state index is 13.3. The van der Waals surface area contributed by atoms with Gasteiger partial charge in [-0.05, 0) is 30.0 Å². The van der Waals surface area contributed by atoms with E-state index in [0.717, 1.165) is 12.8 Å². The maximum Gasteiger partial charge on any atom is 0.471 e. The van der Waals surface area contributed by atoms with E-state index in [-0.39, 0.29) is 23.6 Å². The van der Waals surface area contributed by atoms with Crippen molar-refractivity contribution in [3.63, 3.8) is 0 Å². The number of benzene rings is 1. The Morgan fingerprint density at radius 2 is 1.85 bits per heavy atom. The molecule has 0 radical (unpaired) electrons. The Balaban J connectivity index is 1.47. The lowest BCUT2D eigenvalue weighted by atomic mass is 9.89. The molecule has 1 aliphatic heterocycles. The largest absolute Gasteiger partial charge is 0.471 e. The van der Waals surface area contributed by atoms with E-state index in [4.69, 9.17) is 5.73 Å². The van der Waals surface area contributed by atoms with Crippen LogP contribution in [0.3, 0.4) is 0 Å². The number of carbonyl (C=O) groups is 3. The smallest absolute Gasteiger partial charge is 0.351 e. The molecule has 180 valence electrons. The highest BCUT2D eigenvalue weighted by Crippen LogP contribution is 2.48. The van der Waals surface area contributed by atoms with Crippen LogP contribution in [-0.4, -0.2) is 46.8 Å². The minimum Gasteiger partial charge on any atom is -0.351 e. The maximum absolute atomic E-state index is 13.3. The molecule has 33 heavy (non-hydrogen) atoms. The highest BCUT2D eigenvalue weighted by atomic mass is 19.4. The third-order valence-electron chi connectivity index (χ3n) is 6.47. The molecular weight excluding hydrogens is 451 g/mol. The molecule has 4 atom stereocenters. The lowest BCUT2D eigenvalue weighted by Gasteiger charge is -2.38. The summed E-state index contributed by atoms with van der Waals surface area (Å²) in [5.41, 5.74) is 6.68. The summed E-state index contributed by atoms with van der Waals surface area (Å²) in [5, 5.41) is 4.34. The number of amides is 3. The Morgan fingerprint density at radius 1 is 1.18 bits per heavy atom. The van der Waals surface area contributed by atoms with Gasteiger partial charge in [0, 0.05) is 24.6 Å². The van der Waals surface area contributed by atoms with Gasteiger partial charge < -0.3 is 21.3 Å². The Labute approximate surface area is 185 Å². The number of halogens is 5. The molecule has 1 aromatic rings. The Hall–Kier alpha value is -2.76. The van der Waals surface area contributed by atoms with Gasteiger partial charge in [0.05, 0.1) is 6.04 Å². The Kier molecular flexibility index (Phi) is 5.83. The van der Waals surface area contributed by atoms with Crippen molar-refractivity contribution in [3.05, 3.63) is 34.9 Å². The van der Waals surface area contributed by atoms with E-state index < -0.39 is 54.5 Å². The van der Waals surface area contributed by atoms with E-state index in [0.29, 0.717) is 18.4 Å². The van der Waals surface area contributed by atoms with E-state index in [1.807, 2.05) is 0 Å². The van der Waals surface area contributed by atoms with Gasteiger partial charge in [0.25, 0.3) is 11.8 Å². The summed E-state index contributed by atoms with van der Waals surface area (Å²) in [7, 11) is 0. The summed E-state index contributed by atoms with van der Waals surface area (Å²) in [5.74, 6) is -7.60. The van der Waals surface area contributed by atoms with Crippen molar-refractivity contribution in [3.8, 4) is 0 Å². The van der Waals surface area contributed by atoms with E-state index in [1.54, 1.807) is 16.3 Å². The van der Waals surface area contributed by atoms with Gasteiger partial charge in [-0.3, -0.25) is 14.4 Å². The van der Waals surface area contributed by atoms with Crippen LogP contribution in [0, 0.1) is 5.92 Å². The average Bonchev–Trinajstić information content (AvgIpc) is 3.27. The topological polar surface area (TPSA) is 105 Å². The lowest BCUT2D eigenvalue weighted by molar-refractivity contribution is -0.174. The zero-order chi connectivity index (χ0) is 24.1. The normalized spacial score (nSPS) is 27.0. The highest BCUT2D eigenvalue weighted by molar-refractivity contribution is 5.99. The number of nitrogens with two attached hydrogens (primary N) is 1. The van der Waals surface area contributed by atoms with Crippen LogP contribution in [0.25, 0.3) is 0 Å². The summed E-state index contributed by atoms with van der Waals surface area (Å²) in [6.07, 6.45) is -4.31. The number of nitrogens with one attached hydrogen (secondary N) is 2. The molecule has 3 aliphatic rings. The van der Waals surface area contributed by atoms with Gasteiger partial charge in [0.2, 0.25) is 5.91 Å². The van der Waals surface area contributed by atoms with Crippen LogP contribution in [-0.2, 0) is 16.1 Å². The average molecular weight is 474 g/mol. The first kappa shape index (κ1) is 23.4. The summed E-state index contributed by atoms with van der Waals surface area (Å²) < 4.78 is 64.0. The molecule has 2 fully saturated rings. The molecule has 0 aromatic heterocycles.